The topological polar surface area (TPSA) is 95.5 Å². The van der Waals surface area contributed by atoms with Gasteiger partial charge < -0.3 is 20.0 Å². The average molecular weight is 392 g/mol. The van der Waals surface area contributed by atoms with Crippen LogP contribution in [0.25, 0.3) is 0 Å². The summed E-state index contributed by atoms with van der Waals surface area (Å²) in [5.74, 6) is -3.31. The van der Waals surface area contributed by atoms with Gasteiger partial charge >= 0.3 is 5.97 Å². The first-order chi connectivity index (χ1) is 13.0. The quantitative estimate of drug-likeness (QED) is 0.795. The van der Waals surface area contributed by atoms with Crippen molar-refractivity contribution in [2.45, 2.75) is 64.2 Å². The Labute approximate surface area is 163 Å². The van der Waals surface area contributed by atoms with Crippen LogP contribution in [0.1, 0.15) is 72.2 Å². The van der Waals surface area contributed by atoms with Crippen LogP contribution < -0.4 is 10.4 Å². The minimum atomic E-state index is -1.17. The molecule has 148 valence electrons. The van der Waals surface area contributed by atoms with Gasteiger partial charge in [0, 0.05) is 22.7 Å². The van der Waals surface area contributed by atoms with Crippen molar-refractivity contribution in [1.29, 1.82) is 0 Å². The van der Waals surface area contributed by atoms with Crippen molar-refractivity contribution < 1.29 is 24.2 Å². The Kier molecular flexibility index (Phi) is 6.52. The monoisotopic (exact) mass is 392 g/mol. The molecule has 2 aliphatic carbocycles. The summed E-state index contributed by atoms with van der Waals surface area (Å²) >= 11 is 1.43. The molecule has 0 spiro atoms. The fourth-order valence-corrected chi connectivity index (χ4v) is 5.54. The van der Waals surface area contributed by atoms with E-state index in [1.165, 1.54) is 24.9 Å². The fourth-order valence-electron chi connectivity index (χ4n) is 4.26. The van der Waals surface area contributed by atoms with E-state index in [1.807, 2.05) is 0 Å². The van der Waals surface area contributed by atoms with Gasteiger partial charge in [0.25, 0.3) is 0 Å². The molecule has 1 heterocycles. The van der Waals surface area contributed by atoms with Crippen molar-refractivity contribution >= 4 is 34.2 Å². The van der Waals surface area contributed by atoms with Crippen LogP contribution in [0.5, 0.6) is 0 Å². The number of thiophene rings is 1. The zero-order chi connectivity index (χ0) is 19.4. The molecule has 0 saturated heterocycles. The molecule has 1 aromatic heterocycles. The number of carboxylic acid groups (broad SMARTS) is 1. The second-order valence-corrected chi connectivity index (χ2v) is 8.52. The molecule has 3 rings (SSSR count). The van der Waals surface area contributed by atoms with Gasteiger partial charge in [0.1, 0.15) is 5.00 Å². The van der Waals surface area contributed by atoms with Gasteiger partial charge in [0.15, 0.2) is 0 Å². The number of hydrogen-bond donors (Lipinski definition) is 1. The van der Waals surface area contributed by atoms with E-state index in [9.17, 15) is 19.5 Å². The molecule has 0 radical (unpaired) electrons. The summed E-state index contributed by atoms with van der Waals surface area (Å²) in [4.78, 5) is 37.8. The fraction of sp³-hybridized carbons (Fsp3) is 0.650. The first-order valence-electron chi connectivity index (χ1n) is 9.77. The van der Waals surface area contributed by atoms with Crippen LogP contribution in [0.4, 0.5) is 5.00 Å². The normalized spacial score (nSPS) is 22.9. The molecule has 1 N–H and O–H groups in total. The van der Waals surface area contributed by atoms with Crippen molar-refractivity contribution in [2.75, 3.05) is 12.4 Å². The Morgan fingerprint density at radius 2 is 1.67 bits per heavy atom. The first kappa shape index (κ1) is 19.9. The van der Waals surface area contributed by atoms with Crippen LogP contribution in [0.3, 0.4) is 0 Å². The Morgan fingerprint density at radius 1 is 1.00 bits per heavy atom. The Balaban J connectivity index is 1.89. The predicted molar refractivity (Wildman–Crippen MR) is 101 cm³/mol. The zero-order valence-corrected chi connectivity index (χ0v) is 16.5. The van der Waals surface area contributed by atoms with Crippen LogP contribution in [0.2, 0.25) is 0 Å². The Morgan fingerprint density at radius 3 is 2.33 bits per heavy atom. The first-order valence-corrected chi connectivity index (χ1v) is 10.6. The third-order valence-corrected chi connectivity index (χ3v) is 6.91. The minimum Gasteiger partial charge on any atom is -0.550 e. The van der Waals surface area contributed by atoms with Gasteiger partial charge in [0.2, 0.25) is 5.91 Å². The molecule has 1 saturated carbocycles. The number of carbonyl (C=O) groups is 3. The van der Waals surface area contributed by atoms with Crippen LogP contribution in [0, 0.1) is 11.8 Å². The number of methoxy groups -OCH3 is 1. The summed E-state index contributed by atoms with van der Waals surface area (Å²) in [5.41, 5.74) is 1.44. The molecule has 0 bridgehead atoms. The highest BCUT2D eigenvalue weighted by atomic mass is 32.1. The molecular weight excluding hydrogens is 366 g/mol. The number of carboxylic acids is 1. The van der Waals surface area contributed by atoms with Crippen molar-refractivity contribution in [3.63, 3.8) is 0 Å². The number of carbonyl (C=O) groups excluding carboxylic acids is 3. The van der Waals surface area contributed by atoms with Crippen molar-refractivity contribution in [3.05, 3.63) is 16.0 Å². The number of amides is 1. The predicted octanol–water partition coefficient (Wildman–Crippen LogP) is 2.69. The number of hydrogen-bond acceptors (Lipinski definition) is 6. The van der Waals surface area contributed by atoms with Crippen LogP contribution >= 0.6 is 11.3 Å². The highest BCUT2D eigenvalue weighted by molar-refractivity contribution is 7.17. The SMILES string of the molecule is COC(=O)c1c(NC(=O)[C@@H]2CCCC[C@@H]2C(=O)[O-])sc2c1CCCCCC2. The van der Waals surface area contributed by atoms with Gasteiger partial charge in [-0.15, -0.1) is 11.3 Å². The molecule has 1 aromatic rings. The van der Waals surface area contributed by atoms with Crippen LogP contribution in [-0.4, -0.2) is 25.0 Å². The third-order valence-electron chi connectivity index (χ3n) is 5.70. The smallest absolute Gasteiger partial charge is 0.341 e. The van der Waals surface area contributed by atoms with Gasteiger partial charge in [-0.2, -0.15) is 0 Å². The molecule has 2 aliphatic rings. The van der Waals surface area contributed by atoms with Crippen molar-refractivity contribution in [2.24, 2.45) is 11.8 Å². The van der Waals surface area contributed by atoms with E-state index < -0.39 is 23.8 Å². The summed E-state index contributed by atoms with van der Waals surface area (Å²) in [6.07, 6.45) is 8.69. The molecule has 1 amide bonds. The van der Waals surface area contributed by atoms with Gasteiger partial charge in [-0.25, -0.2) is 4.79 Å². The maximum atomic E-state index is 12.8. The van der Waals surface area contributed by atoms with Gasteiger partial charge in [-0.3, -0.25) is 4.79 Å². The number of aliphatic carboxylic acids is 1. The molecule has 0 unspecified atom stereocenters. The van der Waals surface area contributed by atoms with E-state index in [0.717, 1.165) is 55.4 Å². The molecule has 1 fully saturated rings. The highest BCUT2D eigenvalue weighted by Crippen LogP contribution is 2.39. The number of aryl methyl sites for hydroxylation is 1. The highest BCUT2D eigenvalue weighted by Gasteiger charge is 2.33. The number of nitrogens with one attached hydrogen (secondary N) is 1. The summed E-state index contributed by atoms with van der Waals surface area (Å²) < 4.78 is 4.97. The van der Waals surface area contributed by atoms with Crippen LogP contribution in [0.15, 0.2) is 0 Å². The summed E-state index contributed by atoms with van der Waals surface area (Å²) in [7, 11) is 1.34. The van der Waals surface area contributed by atoms with Gasteiger partial charge in [0.05, 0.1) is 12.7 Å². The number of fused-ring (bicyclic) bond motifs is 1. The summed E-state index contributed by atoms with van der Waals surface area (Å²) in [6.45, 7) is 0. The van der Waals surface area contributed by atoms with Gasteiger partial charge in [-0.1, -0.05) is 25.7 Å². The standard InChI is InChI=1S/C20H27NO5S/c1-26-20(25)16-14-10-4-2-3-5-11-15(14)27-18(16)21-17(22)12-8-6-7-9-13(12)19(23)24/h12-13H,2-11H2,1H3,(H,21,22)(H,23,24)/p-1/t12-,13+/m1/s1. The molecule has 0 aromatic carbocycles. The third kappa shape index (κ3) is 4.34. The lowest BCUT2D eigenvalue weighted by Crippen LogP contribution is -2.42. The molecular formula is C20H26NO5S-. The second kappa shape index (κ2) is 8.87. The second-order valence-electron chi connectivity index (χ2n) is 7.42. The van der Waals surface area contributed by atoms with Crippen molar-refractivity contribution in [1.82, 2.24) is 0 Å². The Hall–Kier alpha value is -1.89. The lowest BCUT2D eigenvalue weighted by molar-refractivity contribution is -0.313. The number of esters is 1. The summed E-state index contributed by atoms with van der Waals surface area (Å²) in [5, 5.41) is 14.8. The number of rotatable bonds is 4. The maximum Gasteiger partial charge on any atom is 0.341 e. The molecule has 0 aliphatic heterocycles. The van der Waals surface area contributed by atoms with E-state index in [-0.39, 0.29) is 5.91 Å². The van der Waals surface area contributed by atoms with Gasteiger partial charge in [-0.05, 0) is 44.1 Å². The average Bonchev–Trinajstić information content (AvgIpc) is 2.97. The lowest BCUT2D eigenvalue weighted by atomic mass is 9.78. The summed E-state index contributed by atoms with van der Waals surface area (Å²) in [6, 6.07) is 0. The maximum absolute atomic E-state index is 12.8. The molecule has 7 heteroatoms. The van der Waals surface area contributed by atoms with E-state index in [4.69, 9.17) is 4.74 Å². The van der Waals surface area contributed by atoms with E-state index in [0.29, 0.717) is 23.4 Å². The number of anilines is 1. The molecule has 2 atom stereocenters. The molecule has 6 nitrogen and oxygen atoms in total. The van der Waals surface area contributed by atoms with Crippen LogP contribution in [-0.2, 0) is 27.2 Å². The van der Waals surface area contributed by atoms with E-state index in [1.54, 1.807) is 0 Å². The minimum absolute atomic E-state index is 0.330. The molecule has 27 heavy (non-hydrogen) atoms. The van der Waals surface area contributed by atoms with E-state index in [2.05, 4.69) is 5.32 Å². The number of ether oxygens (including phenoxy) is 1. The zero-order valence-electron chi connectivity index (χ0n) is 15.7. The Bertz CT molecular complexity index is 726. The van der Waals surface area contributed by atoms with Crippen molar-refractivity contribution in [3.8, 4) is 0 Å². The lowest BCUT2D eigenvalue weighted by Gasteiger charge is -2.31. The van der Waals surface area contributed by atoms with E-state index >= 15 is 0 Å². The largest absolute Gasteiger partial charge is 0.550 e.